The number of aryl methyl sites for hydroxylation is 3. The minimum absolute atomic E-state index is 0.0200. The van der Waals surface area contributed by atoms with Crippen molar-refractivity contribution in [2.24, 2.45) is 7.05 Å². The molecule has 114 valence electrons. The monoisotopic (exact) mass is 297 g/mol. The first kappa shape index (κ1) is 14.5. The topological polar surface area (TPSA) is 75.9 Å². The molecule has 22 heavy (non-hydrogen) atoms. The minimum Gasteiger partial charge on any atom is -0.394 e. The molecular formula is C16H19N5O. The summed E-state index contributed by atoms with van der Waals surface area (Å²) in [5.74, 6) is 1.37. The van der Waals surface area contributed by atoms with E-state index in [1.165, 1.54) is 0 Å². The summed E-state index contributed by atoms with van der Waals surface area (Å²) in [7, 11) is 1.87. The van der Waals surface area contributed by atoms with Crippen molar-refractivity contribution in [3.05, 3.63) is 47.4 Å². The van der Waals surface area contributed by atoms with E-state index in [1.54, 1.807) is 4.68 Å². The van der Waals surface area contributed by atoms with E-state index in [1.807, 2.05) is 51.2 Å². The fourth-order valence-corrected chi connectivity index (χ4v) is 2.64. The lowest BCUT2D eigenvalue weighted by atomic mass is 10.1. The quantitative estimate of drug-likeness (QED) is 0.771. The summed E-state index contributed by atoms with van der Waals surface area (Å²) in [5, 5.41) is 18.4. The van der Waals surface area contributed by atoms with Crippen LogP contribution in [0.4, 0.5) is 5.82 Å². The molecule has 2 aromatic heterocycles. The fraction of sp³-hybridized carbons (Fsp3) is 0.312. The fourth-order valence-electron chi connectivity index (χ4n) is 2.64. The van der Waals surface area contributed by atoms with Crippen LogP contribution in [-0.2, 0) is 7.05 Å². The number of nitrogens with zero attached hydrogens (tertiary/aromatic N) is 4. The van der Waals surface area contributed by atoms with Gasteiger partial charge in [-0.3, -0.25) is 4.68 Å². The molecule has 0 saturated carbocycles. The number of rotatable bonds is 4. The molecule has 0 aliphatic carbocycles. The molecule has 0 bridgehead atoms. The average Bonchev–Trinajstić information content (AvgIpc) is 2.80. The van der Waals surface area contributed by atoms with Crippen LogP contribution in [0.5, 0.6) is 0 Å². The molecule has 2 heterocycles. The highest BCUT2D eigenvalue weighted by molar-refractivity contribution is 5.89. The first-order valence-corrected chi connectivity index (χ1v) is 7.20. The summed E-state index contributed by atoms with van der Waals surface area (Å²) < 4.78 is 1.75. The van der Waals surface area contributed by atoms with E-state index < -0.39 is 0 Å². The van der Waals surface area contributed by atoms with Gasteiger partial charge in [-0.25, -0.2) is 9.97 Å². The number of fused-ring (bicyclic) bond motifs is 1. The van der Waals surface area contributed by atoms with Crippen LogP contribution in [-0.4, -0.2) is 31.5 Å². The van der Waals surface area contributed by atoms with Crippen LogP contribution in [0.15, 0.2) is 30.3 Å². The molecule has 6 nitrogen and oxygen atoms in total. The number of aromatic nitrogens is 4. The van der Waals surface area contributed by atoms with Crippen LogP contribution in [0, 0.1) is 13.8 Å². The van der Waals surface area contributed by atoms with Crippen molar-refractivity contribution in [3.8, 4) is 0 Å². The van der Waals surface area contributed by atoms with Crippen LogP contribution in [0.2, 0.25) is 0 Å². The van der Waals surface area contributed by atoms with Gasteiger partial charge in [-0.1, -0.05) is 30.3 Å². The van der Waals surface area contributed by atoms with Crippen molar-refractivity contribution >= 4 is 16.9 Å². The third kappa shape index (κ3) is 2.53. The molecule has 0 aliphatic heterocycles. The third-order valence-corrected chi connectivity index (χ3v) is 3.67. The van der Waals surface area contributed by atoms with E-state index >= 15 is 0 Å². The summed E-state index contributed by atoms with van der Waals surface area (Å²) in [4.78, 5) is 8.95. The zero-order valence-electron chi connectivity index (χ0n) is 12.9. The molecule has 0 saturated heterocycles. The summed E-state index contributed by atoms with van der Waals surface area (Å²) in [5.41, 5.74) is 2.66. The largest absolute Gasteiger partial charge is 0.394 e. The van der Waals surface area contributed by atoms with E-state index in [-0.39, 0.29) is 12.6 Å². The predicted octanol–water partition coefficient (Wildman–Crippen LogP) is 2.13. The molecule has 0 fully saturated rings. The Morgan fingerprint density at radius 2 is 1.91 bits per heavy atom. The smallest absolute Gasteiger partial charge is 0.163 e. The predicted molar refractivity (Wildman–Crippen MR) is 85.7 cm³/mol. The molecule has 3 rings (SSSR count). The van der Waals surface area contributed by atoms with Gasteiger partial charge < -0.3 is 10.4 Å². The normalized spacial score (nSPS) is 12.5. The Labute approximate surface area is 128 Å². The Morgan fingerprint density at radius 1 is 1.18 bits per heavy atom. The Bertz CT molecular complexity index is 797. The second-order valence-corrected chi connectivity index (χ2v) is 5.32. The molecule has 0 unspecified atom stereocenters. The van der Waals surface area contributed by atoms with E-state index in [0.29, 0.717) is 11.6 Å². The van der Waals surface area contributed by atoms with Crippen molar-refractivity contribution in [2.75, 3.05) is 11.9 Å². The van der Waals surface area contributed by atoms with Gasteiger partial charge in [-0.2, -0.15) is 5.10 Å². The number of aliphatic hydroxyl groups is 1. The van der Waals surface area contributed by atoms with Gasteiger partial charge in [-0.05, 0) is 19.4 Å². The first-order valence-electron chi connectivity index (χ1n) is 7.20. The van der Waals surface area contributed by atoms with E-state index in [4.69, 9.17) is 0 Å². The van der Waals surface area contributed by atoms with Gasteiger partial charge in [0.15, 0.2) is 5.65 Å². The van der Waals surface area contributed by atoms with Crippen molar-refractivity contribution in [1.82, 2.24) is 19.7 Å². The number of hydrogen-bond donors (Lipinski definition) is 2. The van der Waals surface area contributed by atoms with Gasteiger partial charge >= 0.3 is 0 Å². The van der Waals surface area contributed by atoms with Gasteiger partial charge in [0.1, 0.15) is 11.6 Å². The molecule has 2 N–H and O–H groups in total. The van der Waals surface area contributed by atoms with Crippen LogP contribution in [0.1, 0.15) is 23.1 Å². The number of nitrogens with one attached hydrogen (secondary N) is 1. The molecule has 6 heteroatoms. The lowest BCUT2D eigenvalue weighted by molar-refractivity contribution is 0.276. The molecule has 1 atom stereocenters. The molecule has 0 aliphatic rings. The van der Waals surface area contributed by atoms with Crippen molar-refractivity contribution in [3.63, 3.8) is 0 Å². The van der Waals surface area contributed by atoms with Crippen molar-refractivity contribution in [2.45, 2.75) is 19.9 Å². The van der Waals surface area contributed by atoms with Crippen LogP contribution in [0.3, 0.4) is 0 Å². The number of aliphatic hydroxyl groups excluding tert-OH is 1. The van der Waals surface area contributed by atoms with Gasteiger partial charge in [0, 0.05) is 7.05 Å². The Kier molecular flexibility index (Phi) is 3.77. The third-order valence-electron chi connectivity index (χ3n) is 3.67. The number of anilines is 1. The summed E-state index contributed by atoms with van der Waals surface area (Å²) in [6.45, 7) is 3.76. The molecule has 3 aromatic rings. The number of hydrogen-bond acceptors (Lipinski definition) is 5. The van der Waals surface area contributed by atoms with Gasteiger partial charge in [0.2, 0.25) is 0 Å². The van der Waals surface area contributed by atoms with Crippen molar-refractivity contribution < 1.29 is 5.11 Å². The molecule has 0 spiro atoms. The van der Waals surface area contributed by atoms with Gasteiger partial charge in [0.05, 0.1) is 23.7 Å². The average molecular weight is 297 g/mol. The van der Waals surface area contributed by atoms with E-state index in [9.17, 15) is 5.11 Å². The Balaban J connectivity index is 2.06. The SMILES string of the molecule is Cc1nc(N[C@H](CO)c2ccccc2)c2c(C)nn(C)c2n1. The lowest BCUT2D eigenvalue weighted by Crippen LogP contribution is -2.16. The summed E-state index contributed by atoms with van der Waals surface area (Å²) in [6, 6.07) is 9.60. The Hall–Kier alpha value is -2.47. The highest BCUT2D eigenvalue weighted by Crippen LogP contribution is 2.26. The second kappa shape index (κ2) is 5.73. The standard InChI is InChI=1S/C16H19N5O/c1-10-14-15(17-11(2)18-16(14)21(3)20-10)19-13(9-22)12-7-5-4-6-8-12/h4-8,13,22H,9H2,1-3H3,(H,17,18,19)/t13-/m1/s1. The Morgan fingerprint density at radius 3 is 2.59 bits per heavy atom. The first-order chi connectivity index (χ1) is 10.6. The highest BCUT2D eigenvalue weighted by Gasteiger charge is 2.17. The van der Waals surface area contributed by atoms with E-state index in [0.717, 1.165) is 22.3 Å². The number of benzene rings is 1. The molecule has 0 radical (unpaired) electrons. The van der Waals surface area contributed by atoms with Crippen LogP contribution in [0.25, 0.3) is 11.0 Å². The zero-order valence-corrected chi connectivity index (χ0v) is 12.9. The van der Waals surface area contributed by atoms with Gasteiger partial charge in [-0.15, -0.1) is 0 Å². The maximum Gasteiger partial charge on any atom is 0.163 e. The van der Waals surface area contributed by atoms with Crippen LogP contribution >= 0.6 is 0 Å². The summed E-state index contributed by atoms with van der Waals surface area (Å²) >= 11 is 0. The maximum atomic E-state index is 9.73. The highest BCUT2D eigenvalue weighted by atomic mass is 16.3. The van der Waals surface area contributed by atoms with Crippen LogP contribution < -0.4 is 5.32 Å². The molecule has 0 amide bonds. The molecule has 1 aromatic carbocycles. The van der Waals surface area contributed by atoms with Gasteiger partial charge in [0.25, 0.3) is 0 Å². The second-order valence-electron chi connectivity index (χ2n) is 5.32. The zero-order chi connectivity index (χ0) is 15.7. The molecular weight excluding hydrogens is 278 g/mol. The summed E-state index contributed by atoms with van der Waals surface area (Å²) in [6.07, 6.45) is 0. The lowest BCUT2D eigenvalue weighted by Gasteiger charge is -2.18. The van der Waals surface area contributed by atoms with Crippen molar-refractivity contribution in [1.29, 1.82) is 0 Å². The maximum absolute atomic E-state index is 9.73. The minimum atomic E-state index is -0.224. The van der Waals surface area contributed by atoms with E-state index in [2.05, 4.69) is 20.4 Å².